The van der Waals surface area contributed by atoms with Crippen LogP contribution in [0.15, 0.2) is 11.1 Å². The molecule has 5 nitrogen and oxygen atoms in total. The quantitative estimate of drug-likeness (QED) is 0.513. The zero-order chi connectivity index (χ0) is 15.9. The van der Waals surface area contributed by atoms with Gasteiger partial charge in [0.2, 0.25) is 0 Å². The molecule has 120 valence electrons. The van der Waals surface area contributed by atoms with Crippen molar-refractivity contribution in [3.8, 4) is 0 Å². The number of allylic oxidation sites excluding steroid dienone is 1. The van der Waals surface area contributed by atoms with Crippen molar-refractivity contribution in [1.29, 1.82) is 0 Å². The lowest BCUT2D eigenvalue weighted by atomic mass is 9.56. The van der Waals surface area contributed by atoms with Gasteiger partial charge in [-0.25, -0.2) is 0 Å². The van der Waals surface area contributed by atoms with Crippen molar-refractivity contribution < 1.29 is 24.5 Å². The highest BCUT2D eigenvalue weighted by molar-refractivity contribution is 6.15. The van der Waals surface area contributed by atoms with Crippen molar-refractivity contribution in [3.63, 3.8) is 0 Å². The van der Waals surface area contributed by atoms with Crippen molar-refractivity contribution in [3.05, 3.63) is 11.1 Å². The molecular weight excluding hydrogens is 284 g/mol. The Bertz CT molecular complexity index is 619. The van der Waals surface area contributed by atoms with Gasteiger partial charge in [0.15, 0.2) is 11.6 Å². The largest absolute Gasteiger partial charge is 0.390 e. The Morgan fingerprint density at radius 3 is 2.68 bits per heavy atom. The van der Waals surface area contributed by atoms with Gasteiger partial charge >= 0.3 is 0 Å². The SMILES string of the molecule is CC1=C2CCC(C)(O)C2CC2(C1)C(=O)C1CC(O)(CO1)C2=O. The van der Waals surface area contributed by atoms with Gasteiger partial charge in [-0.1, -0.05) is 11.1 Å². The third-order valence-corrected chi connectivity index (χ3v) is 6.41. The number of carbonyl (C=O) groups excluding carboxylic acids is 2. The first-order valence-electron chi connectivity index (χ1n) is 8.04. The van der Waals surface area contributed by atoms with Crippen LogP contribution in [-0.2, 0) is 14.3 Å². The van der Waals surface area contributed by atoms with E-state index in [1.54, 1.807) is 6.92 Å². The van der Waals surface area contributed by atoms with Crippen LogP contribution >= 0.6 is 0 Å². The number of aliphatic hydroxyl groups is 2. The molecule has 0 aromatic rings. The van der Waals surface area contributed by atoms with Crippen LogP contribution in [-0.4, -0.2) is 45.7 Å². The van der Waals surface area contributed by atoms with E-state index in [0.29, 0.717) is 19.3 Å². The van der Waals surface area contributed by atoms with E-state index in [4.69, 9.17) is 4.74 Å². The average molecular weight is 306 g/mol. The van der Waals surface area contributed by atoms with Crippen LogP contribution < -0.4 is 0 Å². The molecule has 3 fully saturated rings. The van der Waals surface area contributed by atoms with Gasteiger partial charge < -0.3 is 14.9 Å². The van der Waals surface area contributed by atoms with E-state index < -0.39 is 22.7 Å². The highest BCUT2D eigenvalue weighted by Crippen LogP contribution is 2.57. The van der Waals surface area contributed by atoms with Gasteiger partial charge in [-0.3, -0.25) is 9.59 Å². The van der Waals surface area contributed by atoms with Gasteiger partial charge in [-0.15, -0.1) is 0 Å². The predicted molar refractivity (Wildman–Crippen MR) is 77.0 cm³/mol. The predicted octanol–water partition coefficient (Wildman–Crippen LogP) is 0.916. The Morgan fingerprint density at radius 2 is 1.95 bits per heavy atom. The third kappa shape index (κ3) is 1.59. The maximum atomic E-state index is 13.0. The fraction of sp³-hybridized carbons (Fsp3) is 0.765. The summed E-state index contributed by atoms with van der Waals surface area (Å²) < 4.78 is 5.39. The van der Waals surface area contributed by atoms with Crippen molar-refractivity contribution in [2.24, 2.45) is 11.3 Å². The van der Waals surface area contributed by atoms with Crippen molar-refractivity contribution in [1.82, 2.24) is 0 Å². The summed E-state index contributed by atoms with van der Waals surface area (Å²) in [5.41, 5.74) is -1.39. The van der Waals surface area contributed by atoms with E-state index in [2.05, 4.69) is 0 Å². The van der Waals surface area contributed by atoms with Gasteiger partial charge in [0.25, 0.3) is 0 Å². The van der Waals surface area contributed by atoms with Gasteiger partial charge in [0.05, 0.1) is 17.6 Å². The van der Waals surface area contributed by atoms with E-state index in [-0.39, 0.29) is 30.5 Å². The normalized spacial score (nSPS) is 50.9. The molecule has 5 atom stereocenters. The van der Waals surface area contributed by atoms with E-state index >= 15 is 0 Å². The Kier molecular flexibility index (Phi) is 2.69. The molecule has 0 aromatic heterocycles. The molecule has 1 heterocycles. The molecule has 2 bridgehead atoms. The molecule has 2 N–H and O–H groups in total. The minimum atomic E-state index is -1.53. The van der Waals surface area contributed by atoms with Crippen LogP contribution in [0.25, 0.3) is 0 Å². The molecule has 22 heavy (non-hydrogen) atoms. The summed E-state index contributed by atoms with van der Waals surface area (Å²) in [6, 6.07) is 0. The van der Waals surface area contributed by atoms with Crippen LogP contribution in [0.1, 0.15) is 46.0 Å². The molecule has 1 spiro atoms. The lowest BCUT2D eigenvalue weighted by molar-refractivity contribution is -0.161. The second kappa shape index (κ2) is 4.08. The van der Waals surface area contributed by atoms with Crippen LogP contribution in [0.3, 0.4) is 0 Å². The molecular formula is C17H22O5. The summed E-state index contributed by atoms with van der Waals surface area (Å²) in [6.07, 6.45) is 1.58. The van der Waals surface area contributed by atoms with Crippen LogP contribution in [0.5, 0.6) is 0 Å². The minimum absolute atomic E-state index is 0.0827. The summed E-state index contributed by atoms with van der Waals surface area (Å²) in [7, 11) is 0. The Morgan fingerprint density at radius 1 is 1.23 bits per heavy atom. The van der Waals surface area contributed by atoms with E-state index in [1.807, 2.05) is 6.92 Å². The standard InChI is InChI=1S/C17H22O5/c1-9-5-16(6-11-10(9)3-4-15(11,2)20)13(18)12-7-17(21,8-22-12)14(16)19/h11-12,20-21H,3-8H2,1-2H3. The Hall–Kier alpha value is -1.04. The number of ether oxygens (including phenoxy) is 1. The second-order valence-corrected chi connectivity index (χ2v) is 7.91. The summed E-state index contributed by atoms with van der Waals surface area (Å²) in [5, 5.41) is 21.2. The lowest BCUT2D eigenvalue weighted by Gasteiger charge is -2.46. The monoisotopic (exact) mass is 306 g/mol. The molecule has 1 saturated heterocycles. The van der Waals surface area contributed by atoms with Gasteiger partial charge in [0.1, 0.15) is 11.7 Å². The molecule has 5 unspecified atom stereocenters. The summed E-state index contributed by atoms with van der Waals surface area (Å²) in [4.78, 5) is 25.9. The fourth-order valence-electron chi connectivity index (χ4n) is 5.17. The van der Waals surface area contributed by atoms with Crippen LogP contribution in [0.2, 0.25) is 0 Å². The first-order chi connectivity index (χ1) is 10.2. The highest BCUT2D eigenvalue weighted by atomic mass is 16.5. The summed E-state index contributed by atoms with van der Waals surface area (Å²) >= 11 is 0. The van der Waals surface area contributed by atoms with E-state index in [9.17, 15) is 19.8 Å². The topological polar surface area (TPSA) is 83.8 Å². The average Bonchev–Trinajstić information content (AvgIpc) is 2.97. The lowest BCUT2D eigenvalue weighted by Crippen LogP contribution is -2.60. The molecule has 1 aliphatic heterocycles. The van der Waals surface area contributed by atoms with Crippen molar-refractivity contribution in [2.75, 3.05) is 6.61 Å². The van der Waals surface area contributed by atoms with E-state index in [1.165, 1.54) is 5.57 Å². The van der Waals surface area contributed by atoms with Crippen molar-refractivity contribution >= 4 is 11.6 Å². The Labute approximate surface area is 129 Å². The number of carbonyl (C=O) groups is 2. The minimum Gasteiger partial charge on any atom is -0.390 e. The zero-order valence-corrected chi connectivity index (χ0v) is 13.0. The van der Waals surface area contributed by atoms with Crippen molar-refractivity contribution in [2.45, 2.75) is 63.3 Å². The highest BCUT2D eigenvalue weighted by Gasteiger charge is 2.67. The maximum Gasteiger partial charge on any atom is 0.180 e. The zero-order valence-electron chi connectivity index (χ0n) is 13.0. The summed E-state index contributed by atoms with van der Waals surface area (Å²) in [6.45, 7) is 3.65. The molecule has 2 saturated carbocycles. The fourth-order valence-corrected chi connectivity index (χ4v) is 5.17. The summed E-state index contributed by atoms with van der Waals surface area (Å²) in [5.74, 6) is -0.754. The first kappa shape index (κ1) is 14.5. The maximum absolute atomic E-state index is 13.0. The smallest absolute Gasteiger partial charge is 0.180 e. The molecule has 3 aliphatic carbocycles. The molecule has 4 aliphatic rings. The number of ketones is 2. The van der Waals surface area contributed by atoms with Gasteiger partial charge in [-0.2, -0.15) is 0 Å². The molecule has 0 aromatic carbocycles. The van der Waals surface area contributed by atoms with Gasteiger partial charge in [0, 0.05) is 12.3 Å². The number of fused-ring (bicyclic) bond motifs is 3. The molecule has 0 amide bonds. The molecule has 5 heteroatoms. The molecule has 0 radical (unpaired) electrons. The molecule has 4 rings (SSSR count). The first-order valence-corrected chi connectivity index (χ1v) is 8.04. The second-order valence-electron chi connectivity index (χ2n) is 7.91. The Balaban J connectivity index is 1.83. The third-order valence-electron chi connectivity index (χ3n) is 6.41. The number of Topliss-reactive ketones (excluding diaryl/α,β-unsaturated/α-hetero) is 2. The number of rotatable bonds is 0. The number of hydrogen-bond acceptors (Lipinski definition) is 5. The van der Waals surface area contributed by atoms with Crippen LogP contribution in [0.4, 0.5) is 0 Å². The van der Waals surface area contributed by atoms with Crippen LogP contribution in [0, 0.1) is 11.3 Å². The van der Waals surface area contributed by atoms with E-state index in [0.717, 1.165) is 12.0 Å². The number of hydrogen-bond donors (Lipinski definition) is 2. The van der Waals surface area contributed by atoms with Gasteiger partial charge in [-0.05, 0) is 39.5 Å².